The number of ether oxygens (including phenoxy) is 1. The molecule has 0 spiro atoms. The van der Waals surface area contributed by atoms with E-state index in [0.717, 1.165) is 16.8 Å². The van der Waals surface area contributed by atoms with Crippen LogP contribution in [0.15, 0.2) is 47.4 Å². The van der Waals surface area contributed by atoms with E-state index in [1.165, 1.54) is 0 Å². The molecule has 0 unspecified atom stereocenters. The van der Waals surface area contributed by atoms with Crippen molar-refractivity contribution in [3.8, 4) is 0 Å². The Balaban J connectivity index is 2.04. The minimum Gasteiger partial charge on any atom is -0.460 e. The van der Waals surface area contributed by atoms with E-state index in [2.05, 4.69) is 5.32 Å². The maximum atomic E-state index is 12.8. The molecular weight excluding hydrogens is 342 g/mol. The van der Waals surface area contributed by atoms with Crippen molar-refractivity contribution in [3.63, 3.8) is 0 Å². The predicted octanol–water partition coefficient (Wildman–Crippen LogP) is 3.93. The summed E-state index contributed by atoms with van der Waals surface area (Å²) in [6, 6.07) is 12.4. The number of rotatable bonds is 3. The van der Waals surface area contributed by atoms with Gasteiger partial charge in [0.2, 0.25) is 0 Å². The van der Waals surface area contributed by atoms with Crippen LogP contribution in [0.4, 0.5) is 5.69 Å². The Morgan fingerprint density at radius 3 is 2.46 bits per heavy atom. The Hall–Kier alpha value is -1.92. The van der Waals surface area contributed by atoms with Gasteiger partial charge >= 0.3 is 0 Å². The summed E-state index contributed by atoms with van der Waals surface area (Å²) in [5, 5.41) is 3.30. The second-order valence-electron chi connectivity index (χ2n) is 6.44. The van der Waals surface area contributed by atoms with Crippen molar-refractivity contribution in [1.82, 2.24) is 0 Å². The molecule has 0 aliphatic carbocycles. The normalized spacial score (nSPS) is 16.0. The van der Waals surface area contributed by atoms with Crippen LogP contribution in [0.2, 0.25) is 0 Å². The highest BCUT2D eigenvalue weighted by Gasteiger charge is 2.35. The van der Waals surface area contributed by atoms with E-state index in [-0.39, 0.29) is 5.75 Å². The average Bonchev–Trinajstić information content (AvgIpc) is 2.45. The molecule has 3 rings (SSSR count). The third-order valence-corrected chi connectivity index (χ3v) is 5.93. The van der Waals surface area contributed by atoms with E-state index in [4.69, 9.17) is 17.0 Å². The number of sulfone groups is 1. The first kappa shape index (κ1) is 16.9. The molecule has 4 nitrogen and oxygen atoms in total. The summed E-state index contributed by atoms with van der Waals surface area (Å²) >= 11 is 5.12. The molecule has 0 fully saturated rings. The molecule has 0 bridgehead atoms. The zero-order valence-electron chi connectivity index (χ0n) is 13.8. The summed E-state index contributed by atoms with van der Waals surface area (Å²) < 4.78 is 31.3. The minimum absolute atomic E-state index is 0.0829. The summed E-state index contributed by atoms with van der Waals surface area (Å²) in [6.07, 6.45) is 0. The molecule has 24 heavy (non-hydrogen) atoms. The predicted molar refractivity (Wildman–Crippen MR) is 98.8 cm³/mol. The van der Waals surface area contributed by atoms with Crippen LogP contribution in [0.3, 0.4) is 0 Å². The Labute approximate surface area is 147 Å². The van der Waals surface area contributed by atoms with Crippen molar-refractivity contribution >= 4 is 32.9 Å². The van der Waals surface area contributed by atoms with Gasteiger partial charge < -0.3 is 10.1 Å². The van der Waals surface area contributed by atoms with Crippen molar-refractivity contribution in [2.24, 2.45) is 0 Å². The maximum Gasteiger partial charge on any atom is 0.262 e. The largest absolute Gasteiger partial charge is 0.460 e. The van der Waals surface area contributed by atoms with Crippen molar-refractivity contribution in [2.45, 2.75) is 37.0 Å². The fourth-order valence-corrected chi connectivity index (χ4v) is 4.67. The first-order valence-corrected chi connectivity index (χ1v) is 9.67. The van der Waals surface area contributed by atoms with Crippen LogP contribution in [-0.4, -0.2) is 13.6 Å². The number of aryl methyl sites for hydroxylation is 1. The van der Waals surface area contributed by atoms with Crippen LogP contribution >= 0.6 is 12.2 Å². The van der Waals surface area contributed by atoms with Crippen molar-refractivity contribution in [1.29, 1.82) is 0 Å². The summed E-state index contributed by atoms with van der Waals surface area (Å²) in [4.78, 5) is 0.323. The third kappa shape index (κ3) is 3.16. The molecule has 2 aromatic rings. The second-order valence-corrected chi connectivity index (χ2v) is 8.80. The number of fused-ring (bicyclic) bond motifs is 1. The fourth-order valence-electron chi connectivity index (χ4n) is 2.99. The van der Waals surface area contributed by atoms with Crippen molar-refractivity contribution in [3.05, 3.63) is 59.2 Å². The SMILES string of the molecule is Cc1ccc(S(=O)(=O)Cc2cccc3c2C(C)(C)OC(=S)N3)cc1. The zero-order valence-corrected chi connectivity index (χ0v) is 15.4. The topological polar surface area (TPSA) is 55.4 Å². The maximum absolute atomic E-state index is 12.8. The summed E-state index contributed by atoms with van der Waals surface area (Å²) in [5.41, 5.74) is 2.69. The molecule has 1 aliphatic heterocycles. The van der Waals surface area contributed by atoms with E-state index in [0.29, 0.717) is 15.6 Å². The van der Waals surface area contributed by atoms with Gasteiger partial charge in [0, 0.05) is 11.3 Å². The van der Waals surface area contributed by atoms with Gasteiger partial charge in [-0.25, -0.2) is 8.42 Å². The molecule has 0 atom stereocenters. The summed E-state index contributed by atoms with van der Waals surface area (Å²) in [6.45, 7) is 5.71. The molecule has 126 valence electrons. The first-order chi connectivity index (χ1) is 11.2. The van der Waals surface area contributed by atoms with E-state index in [1.807, 2.05) is 39.0 Å². The van der Waals surface area contributed by atoms with Gasteiger partial charge in [0.25, 0.3) is 5.17 Å². The van der Waals surface area contributed by atoms with Gasteiger partial charge in [-0.05, 0) is 56.8 Å². The smallest absolute Gasteiger partial charge is 0.262 e. The number of nitrogens with one attached hydrogen (secondary N) is 1. The van der Waals surface area contributed by atoms with Crippen LogP contribution in [-0.2, 0) is 25.9 Å². The molecule has 0 aromatic heterocycles. The lowest BCUT2D eigenvalue weighted by molar-refractivity contribution is 0.0939. The lowest BCUT2D eigenvalue weighted by Crippen LogP contribution is -2.35. The second kappa shape index (κ2) is 5.86. The van der Waals surface area contributed by atoms with Gasteiger partial charge in [0.15, 0.2) is 9.84 Å². The molecular formula is C18H19NO3S2. The minimum atomic E-state index is -3.44. The highest BCUT2D eigenvalue weighted by atomic mass is 32.2. The molecule has 1 aliphatic rings. The number of hydrogen-bond acceptors (Lipinski definition) is 4. The lowest BCUT2D eigenvalue weighted by atomic mass is 9.91. The van der Waals surface area contributed by atoms with Crippen LogP contribution in [0.5, 0.6) is 0 Å². The van der Waals surface area contributed by atoms with Crippen LogP contribution in [0.25, 0.3) is 0 Å². The molecule has 6 heteroatoms. The monoisotopic (exact) mass is 361 g/mol. The first-order valence-electron chi connectivity index (χ1n) is 7.61. The molecule has 1 heterocycles. The summed E-state index contributed by atoms with van der Waals surface area (Å²) in [5.74, 6) is -0.0829. The van der Waals surface area contributed by atoms with E-state index >= 15 is 0 Å². The van der Waals surface area contributed by atoms with Gasteiger partial charge in [-0.1, -0.05) is 29.8 Å². The number of thiocarbonyl (C=S) groups is 1. The van der Waals surface area contributed by atoms with Gasteiger partial charge in [-0.3, -0.25) is 0 Å². The molecule has 0 amide bonds. The van der Waals surface area contributed by atoms with E-state index in [9.17, 15) is 8.42 Å². The summed E-state index contributed by atoms with van der Waals surface area (Å²) in [7, 11) is -3.44. The number of hydrogen-bond donors (Lipinski definition) is 1. The molecule has 2 aromatic carbocycles. The van der Waals surface area contributed by atoms with Crippen LogP contribution in [0, 0.1) is 6.92 Å². The molecule has 0 saturated heterocycles. The molecule has 0 radical (unpaired) electrons. The van der Waals surface area contributed by atoms with Crippen molar-refractivity contribution < 1.29 is 13.2 Å². The Kier molecular flexibility index (Phi) is 4.13. The van der Waals surface area contributed by atoms with Crippen molar-refractivity contribution in [2.75, 3.05) is 5.32 Å². The van der Waals surface area contributed by atoms with Crippen LogP contribution in [0.1, 0.15) is 30.5 Å². The number of anilines is 1. The highest BCUT2D eigenvalue weighted by molar-refractivity contribution is 7.90. The quantitative estimate of drug-likeness (QED) is 0.840. The van der Waals surface area contributed by atoms with Gasteiger partial charge in [-0.2, -0.15) is 0 Å². The Morgan fingerprint density at radius 1 is 1.12 bits per heavy atom. The Morgan fingerprint density at radius 2 is 1.79 bits per heavy atom. The average molecular weight is 361 g/mol. The van der Waals surface area contributed by atoms with Gasteiger partial charge in [0.05, 0.1) is 10.6 Å². The fraction of sp³-hybridized carbons (Fsp3) is 0.278. The van der Waals surface area contributed by atoms with Gasteiger partial charge in [0.1, 0.15) is 5.60 Å². The highest BCUT2D eigenvalue weighted by Crippen LogP contribution is 2.39. The van der Waals surface area contributed by atoms with Crippen LogP contribution < -0.4 is 5.32 Å². The standard InChI is InChI=1S/C18H19NO3S2/c1-12-7-9-14(10-8-12)24(20,21)11-13-5-4-6-15-16(13)18(2,3)22-17(23)19-15/h4-10H,11H2,1-3H3,(H,19,23). The molecule has 0 saturated carbocycles. The lowest BCUT2D eigenvalue weighted by Gasteiger charge is -2.35. The van der Waals surface area contributed by atoms with E-state index in [1.54, 1.807) is 24.3 Å². The Bertz CT molecular complexity index is 900. The third-order valence-electron chi connectivity index (χ3n) is 4.06. The zero-order chi connectivity index (χ0) is 17.5. The van der Waals surface area contributed by atoms with Gasteiger partial charge in [-0.15, -0.1) is 0 Å². The number of benzene rings is 2. The van der Waals surface area contributed by atoms with E-state index < -0.39 is 15.4 Å². The molecule has 1 N–H and O–H groups in total.